The van der Waals surface area contributed by atoms with Gasteiger partial charge in [-0.3, -0.25) is 0 Å². The summed E-state index contributed by atoms with van der Waals surface area (Å²) in [6.07, 6.45) is 3.21. The molecule has 2 aromatic rings. The fourth-order valence-corrected chi connectivity index (χ4v) is 1.22. The van der Waals surface area contributed by atoms with Crippen LogP contribution in [0.15, 0.2) is 30.6 Å². The van der Waals surface area contributed by atoms with E-state index in [4.69, 9.17) is 16.3 Å². The normalized spacial score (nSPS) is 10.1. The lowest BCUT2D eigenvalue weighted by Gasteiger charge is -2.00. The molecule has 0 unspecified atom stereocenters. The molecule has 0 fully saturated rings. The quantitative estimate of drug-likeness (QED) is 0.675. The molecule has 0 aliphatic rings. The first-order valence-corrected chi connectivity index (χ1v) is 4.21. The van der Waals surface area contributed by atoms with E-state index in [1.54, 1.807) is 30.6 Å². The molecule has 1 heterocycles. The molecule has 0 aliphatic heterocycles. The fourth-order valence-electron chi connectivity index (χ4n) is 1.13. The summed E-state index contributed by atoms with van der Waals surface area (Å²) in [6, 6.07) is 5.09. The second-order valence-corrected chi connectivity index (χ2v) is 2.93. The predicted octanol–water partition coefficient (Wildman–Crippen LogP) is 2.37. The van der Waals surface area contributed by atoms with Crippen molar-refractivity contribution < 1.29 is 9.53 Å². The first kappa shape index (κ1) is 8.90. The number of carbonyl (C=O) groups excluding carboxylic acids is 1. The molecular weight excluding hydrogens is 204 g/mol. The first-order chi connectivity index (χ1) is 6.75. The number of benzene rings is 1. The second-order valence-electron chi connectivity index (χ2n) is 2.62. The molecule has 0 aliphatic carbocycles. The molecule has 0 saturated heterocycles. The zero-order valence-corrected chi connectivity index (χ0v) is 7.73. The van der Waals surface area contributed by atoms with Crippen LogP contribution in [-0.4, -0.2) is 15.6 Å². The van der Waals surface area contributed by atoms with E-state index in [-0.39, 0.29) is 0 Å². The number of carbonyl (C=O) groups is 1. The predicted molar refractivity (Wildman–Crippen MR) is 51.4 cm³/mol. The summed E-state index contributed by atoms with van der Waals surface area (Å²) in [5, 5.41) is 9.20. The number of fused-ring (bicyclic) bond motifs is 1. The van der Waals surface area contributed by atoms with Crippen molar-refractivity contribution in [3.63, 3.8) is 0 Å². The van der Waals surface area contributed by atoms with Gasteiger partial charge in [-0.25, -0.2) is 4.79 Å². The Bertz CT molecular complexity index is 487. The van der Waals surface area contributed by atoms with Crippen LogP contribution in [0.3, 0.4) is 0 Å². The van der Waals surface area contributed by atoms with Crippen molar-refractivity contribution in [2.24, 2.45) is 0 Å². The number of nitrogens with zero attached hydrogens (tertiary/aromatic N) is 2. The van der Waals surface area contributed by atoms with E-state index in [1.165, 1.54) is 0 Å². The Hall–Kier alpha value is -1.68. The van der Waals surface area contributed by atoms with Gasteiger partial charge in [-0.15, -0.1) is 0 Å². The highest BCUT2D eigenvalue weighted by Gasteiger charge is 2.01. The van der Waals surface area contributed by atoms with Crippen molar-refractivity contribution in [3.8, 4) is 5.75 Å². The smallest absolute Gasteiger partial charge is 0.409 e. The Morgan fingerprint density at radius 1 is 1.21 bits per heavy atom. The highest BCUT2D eigenvalue weighted by molar-refractivity contribution is 6.61. The van der Waals surface area contributed by atoms with E-state index in [9.17, 15) is 4.79 Å². The van der Waals surface area contributed by atoms with Crippen LogP contribution >= 0.6 is 11.6 Å². The molecule has 4 nitrogen and oxygen atoms in total. The Kier molecular flexibility index (Phi) is 2.28. The fraction of sp³-hybridized carbons (Fsp3) is 0. The third-order valence-corrected chi connectivity index (χ3v) is 1.79. The van der Waals surface area contributed by atoms with Crippen LogP contribution in [-0.2, 0) is 0 Å². The van der Waals surface area contributed by atoms with Crippen LogP contribution in [0.2, 0.25) is 0 Å². The molecule has 0 saturated carbocycles. The number of ether oxygens (including phenoxy) is 1. The van der Waals surface area contributed by atoms with E-state index in [0.29, 0.717) is 5.75 Å². The molecule has 0 radical (unpaired) electrons. The zero-order chi connectivity index (χ0) is 9.97. The minimum atomic E-state index is -0.855. The second kappa shape index (κ2) is 3.59. The molecule has 1 aromatic heterocycles. The van der Waals surface area contributed by atoms with E-state index >= 15 is 0 Å². The lowest BCUT2D eigenvalue weighted by atomic mass is 10.2. The average molecular weight is 209 g/mol. The highest BCUT2D eigenvalue weighted by Crippen LogP contribution is 2.19. The van der Waals surface area contributed by atoms with Gasteiger partial charge >= 0.3 is 5.43 Å². The monoisotopic (exact) mass is 208 g/mol. The van der Waals surface area contributed by atoms with Gasteiger partial charge in [0.15, 0.2) is 0 Å². The molecule has 0 amide bonds. The maximum absolute atomic E-state index is 10.5. The Labute approximate surface area is 84.5 Å². The third-order valence-electron chi connectivity index (χ3n) is 1.72. The van der Waals surface area contributed by atoms with Gasteiger partial charge in [0.1, 0.15) is 5.75 Å². The Morgan fingerprint density at radius 3 is 2.64 bits per heavy atom. The van der Waals surface area contributed by atoms with Crippen molar-refractivity contribution in [2.45, 2.75) is 0 Å². The molecule has 1 aromatic carbocycles. The number of aromatic nitrogens is 2. The Morgan fingerprint density at radius 2 is 1.93 bits per heavy atom. The summed E-state index contributed by atoms with van der Waals surface area (Å²) in [4.78, 5) is 10.5. The van der Waals surface area contributed by atoms with E-state index in [0.717, 1.165) is 10.8 Å². The average Bonchev–Trinajstić information content (AvgIpc) is 2.17. The van der Waals surface area contributed by atoms with Crippen LogP contribution in [0.4, 0.5) is 4.79 Å². The van der Waals surface area contributed by atoms with Crippen LogP contribution in [0, 0.1) is 0 Å². The van der Waals surface area contributed by atoms with Gasteiger partial charge in [-0.2, -0.15) is 10.2 Å². The summed E-state index contributed by atoms with van der Waals surface area (Å²) in [7, 11) is 0. The van der Waals surface area contributed by atoms with Crippen molar-refractivity contribution in [1.29, 1.82) is 0 Å². The highest BCUT2D eigenvalue weighted by atomic mass is 35.5. The summed E-state index contributed by atoms with van der Waals surface area (Å²) >= 11 is 5.07. The van der Waals surface area contributed by atoms with Gasteiger partial charge in [-0.1, -0.05) is 0 Å². The summed E-state index contributed by atoms with van der Waals surface area (Å²) in [5.41, 5.74) is -0.855. The van der Waals surface area contributed by atoms with Gasteiger partial charge in [-0.05, 0) is 18.2 Å². The van der Waals surface area contributed by atoms with Gasteiger partial charge in [0, 0.05) is 22.4 Å². The van der Waals surface area contributed by atoms with E-state index < -0.39 is 5.43 Å². The lowest BCUT2D eigenvalue weighted by Crippen LogP contribution is -1.95. The minimum Gasteiger partial charge on any atom is -0.414 e. The molecule has 2 rings (SSSR count). The van der Waals surface area contributed by atoms with Crippen molar-refractivity contribution in [2.75, 3.05) is 0 Å². The maximum atomic E-state index is 10.5. The molecule has 0 spiro atoms. The van der Waals surface area contributed by atoms with E-state index in [1.807, 2.05) is 0 Å². The molecule has 0 N–H and O–H groups in total. The van der Waals surface area contributed by atoms with Gasteiger partial charge in [0.2, 0.25) is 0 Å². The van der Waals surface area contributed by atoms with Crippen molar-refractivity contribution in [3.05, 3.63) is 30.6 Å². The molecule has 0 atom stereocenters. The van der Waals surface area contributed by atoms with Gasteiger partial charge in [0.05, 0.1) is 12.4 Å². The molecular formula is C9H5ClN2O2. The number of rotatable bonds is 1. The summed E-state index contributed by atoms with van der Waals surface area (Å²) in [6.45, 7) is 0. The summed E-state index contributed by atoms with van der Waals surface area (Å²) in [5.74, 6) is 0.394. The molecule has 5 heteroatoms. The van der Waals surface area contributed by atoms with Crippen molar-refractivity contribution in [1.82, 2.24) is 10.2 Å². The first-order valence-electron chi connectivity index (χ1n) is 3.83. The largest absolute Gasteiger partial charge is 0.414 e. The number of halogens is 1. The number of hydrogen-bond donors (Lipinski definition) is 0. The van der Waals surface area contributed by atoms with Gasteiger partial charge in [0.25, 0.3) is 0 Å². The zero-order valence-electron chi connectivity index (χ0n) is 6.98. The SMILES string of the molecule is O=C(Cl)Oc1ccc2cnncc2c1. The summed E-state index contributed by atoms with van der Waals surface area (Å²) < 4.78 is 4.70. The maximum Gasteiger partial charge on any atom is 0.409 e. The third kappa shape index (κ3) is 1.80. The van der Waals surface area contributed by atoms with Crippen LogP contribution in [0.25, 0.3) is 10.8 Å². The van der Waals surface area contributed by atoms with Crippen LogP contribution in [0.5, 0.6) is 5.75 Å². The van der Waals surface area contributed by atoms with Gasteiger partial charge < -0.3 is 4.74 Å². The molecule has 14 heavy (non-hydrogen) atoms. The topological polar surface area (TPSA) is 52.1 Å². The Balaban J connectivity index is 2.46. The van der Waals surface area contributed by atoms with Crippen LogP contribution in [0.1, 0.15) is 0 Å². The standard InChI is InChI=1S/C9H5ClN2O2/c10-9(13)14-8-2-1-6-4-11-12-5-7(6)3-8/h1-5H. The van der Waals surface area contributed by atoms with Crippen LogP contribution < -0.4 is 4.74 Å². The van der Waals surface area contributed by atoms with Crippen molar-refractivity contribution >= 4 is 27.8 Å². The molecule has 70 valence electrons. The van der Waals surface area contributed by atoms with E-state index in [2.05, 4.69) is 10.2 Å². The molecule has 0 bridgehead atoms. The minimum absolute atomic E-state index is 0.394. The number of hydrogen-bond acceptors (Lipinski definition) is 4. The lowest BCUT2D eigenvalue weighted by molar-refractivity contribution is 0.225.